The van der Waals surface area contributed by atoms with Crippen LogP contribution in [0.25, 0.3) is 0 Å². The molecule has 33 heavy (non-hydrogen) atoms. The molecule has 0 spiro atoms. The fourth-order valence-corrected chi connectivity index (χ4v) is 4.51. The first-order valence-corrected chi connectivity index (χ1v) is 11.3. The maximum absolute atomic E-state index is 9.74. The summed E-state index contributed by atoms with van der Waals surface area (Å²) in [5.41, 5.74) is 4.26. The van der Waals surface area contributed by atoms with E-state index in [1.807, 2.05) is 12.3 Å². The molecular formula is C25H34N4O4. The lowest BCUT2D eigenvalue weighted by Crippen LogP contribution is -2.38. The molecule has 2 aliphatic rings. The van der Waals surface area contributed by atoms with E-state index in [0.29, 0.717) is 17.2 Å². The van der Waals surface area contributed by atoms with Crippen LogP contribution in [0.1, 0.15) is 29.5 Å². The minimum atomic E-state index is -0.215. The smallest absolute Gasteiger partial charge is 0.204 e. The maximum Gasteiger partial charge on any atom is 0.204 e. The van der Waals surface area contributed by atoms with Crippen molar-refractivity contribution in [1.82, 2.24) is 9.80 Å². The van der Waals surface area contributed by atoms with Crippen molar-refractivity contribution in [3.05, 3.63) is 47.0 Å². The van der Waals surface area contributed by atoms with Crippen LogP contribution >= 0.6 is 0 Å². The molecule has 1 saturated heterocycles. The number of hydrogen-bond donors (Lipinski definition) is 2. The summed E-state index contributed by atoms with van der Waals surface area (Å²) in [6.45, 7) is 3.56. The van der Waals surface area contributed by atoms with Gasteiger partial charge in [0.05, 0.1) is 38.7 Å². The molecule has 0 aliphatic carbocycles. The second-order valence-electron chi connectivity index (χ2n) is 8.65. The molecular weight excluding hydrogens is 420 g/mol. The minimum absolute atomic E-state index is 0.143. The fourth-order valence-electron chi connectivity index (χ4n) is 4.51. The van der Waals surface area contributed by atoms with Gasteiger partial charge in [-0.3, -0.25) is 14.8 Å². The van der Waals surface area contributed by atoms with Crippen LogP contribution in [0.2, 0.25) is 0 Å². The van der Waals surface area contributed by atoms with E-state index >= 15 is 0 Å². The Balaban J connectivity index is 1.44. The number of aliphatic hydroxyl groups is 1. The topological polar surface area (TPSA) is 78.8 Å². The Bertz CT molecular complexity index is 989. The molecule has 2 heterocycles. The van der Waals surface area contributed by atoms with Crippen LogP contribution < -0.4 is 19.5 Å². The number of fused-ring (bicyclic) bond motifs is 1. The third-order valence-corrected chi connectivity index (χ3v) is 6.30. The number of ether oxygens (including phenoxy) is 3. The standard InChI is InChI=1S/C25H34N4O4/c1-28(15-17-6-5-7-18(12-17)16-29-10-8-19(30)9-11-29)25-26-14-20-21(27-25)13-22(31-2)24(33-4)23(20)32-3/h5-7,12-14,19,25,27,30H,8-11,15-16H2,1-4H3. The molecule has 178 valence electrons. The summed E-state index contributed by atoms with van der Waals surface area (Å²) in [4.78, 5) is 9.29. The number of benzene rings is 2. The van der Waals surface area contributed by atoms with Crippen molar-refractivity contribution in [3.63, 3.8) is 0 Å². The lowest BCUT2D eigenvalue weighted by molar-refractivity contribution is 0.0792. The van der Waals surface area contributed by atoms with Gasteiger partial charge < -0.3 is 24.6 Å². The largest absolute Gasteiger partial charge is 0.493 e. The molecule has 8 heteroatoms. The summed E-state index contributed by atoms with van der Waals surface area (Å²) >= 11 is 0. The number of likely N-dealkylation sites (tertiary alicyclic amines) is 1. The van der Waals surface area contributed by atoms with Crippen molar-refractivity contribution in [2.24, 2.45) is 4.99 Å². The van der Waals surface area contributed by atoms with Crippen LogP contribution in [0.15, 0.2) is 35.3 Å². The lowest BCUT2D eigenvalue weighted by Gasteiger charge is -2.31. The number of nitrogens with zero attached hydrogens (tertiary/aromatic N) is 3. The zero-order chi connectivity index (χ0) is 23.4. The van der Waals surface area contributed by atoms with Gasteiger partial charge in [-0.1, -0.05) is 24.3 Å². The first kappa shape index (κ1) is 23.4. The molecule has 4 rings (SSSR count). The average Bonchev–Trinajstić information content (AvgIpc) is 2.83. The summed E-state index contributed by atoms with van der Waals surface area (Å²) in [5, 5.41) is 13.2. The Morgan fingerprint density at radius 3 is 2.48 bits per heavy atom. The Hall–Kier alpha value is -2.81. The van der Waals surface area contributed by atoms with Gasteiger partial charge in [-0.25, -0.2) is 0 Å². The van der Waals surface area contributed by atoms with E-state index in [1.165, 1.54) is 11.1 Å². The van der Waals surface area contributed by atoms with Gasteiger partial charge in [0.15, 0.2) is 17.8 Å². The van der Waals surface area contributed by atoms with Gasteiger partial charge in [0.25, 0.3) is 0 Å². The van der Waals surface area contributed by atoms with Crippen molar-refractivity contribution in [3.8, 4) is 17.2 Å². The Morgan fingerprint density at radius 1 is 1.06 bits per heavy atom. The number of aliphatic imine (C=N–C) groups is 1. The van der Waals surface area contributed by atoms with Gasteiger partial charge in [-0.15, -0.1) is 0 Å². The van der Waals surface area contributed by atoms with Crippen molar-refractivity contribution in [2.45, 2.75) is 38.3 Å². The molecule has 8 nitrogen and oxygen atoms in total. The van der Waals surface area contributed by atoms with Gasteiger partial charge in [0, 0.05) is 38.5 Å². The van der Waals surface area contributed by atoms with Crippen molar-refractivity contribution in [1.29, 1.82) is 0 Å². The molecule has 0 aromatic heterocycles. The van der Waals surface area contributed by atoms with Gasteiger partial charge in [0.1, 0.15) is 0 Å². The van der Waals surface area contributed by atoms with E-state index in [0.717, 1.165) is 50.3 Å². The van der Waals surface area contributed by atoms with E-state index in [4.69, 9.17) is 19.2 Å². The predicted molar refractivity (Wildman–Crippen MR) is 130 cm³/mol. The summed E-state index contributed by atoms with van der Waals surface area (Å²) in [5.74, 6) is 1.76. The highest BCUT2D eigenvalue weighted by Gasteiger charge is 2.25. The van der Waals surface area contributed by atoms with Gasteiger partial charge in [-0.05, 0) is 31.0 Å². The third kappa shape index (κ3) is 5.24. The van der Waals surface area contributed by atoms with E-state index in [-0.39, 0.29) is 12.4 Å². The Morgan fingerprint density at radius 2 is 1.79 bits per heavy atom. The highest BCUT2D eigenvalue weighted by atomic mass is 16.5. The fraction of sp³-hybridized carbons (Fsp3) is 0.480. The maximum atomic E-state index is 9.74. The SMILES string of the molecule is COc1cc2c(c(OC)c1OC)C=NC(N(C)Cc1cccc(CN3CCC(O)CC3)c1)N2. The number of hydrogen-bond acceptors (Lipinski definition) is 8. The molecule has 1 atom stereocenters. The predicted octanol–water partition coefficient (Wildman–Crippen LogP) is 2.93. The number of methoxy groups -OCH3 is 3. The van der Waals surface area contributed by atoms with Crippen LogP contribution in [-0.4, -0.2) is 75.0 Å². The molecule has 2 aromatic rings. The molecule has 0 radical (unpaired) electrons. The lowest BCUT2D eigenvalue weighted by atomic mass is 10.1. The zero-order valence-electron chi connectivity index (χ0n) is 19.9. The van der Waals surface area contributed by atoms with Crippen LogP contribution in [0, 0.1) is 0 Å². The van der Waals surface area contributed by atoms with Gasteiger partial charge in [0.2, 0.25) is 5.75 Å². The van der Waals surface area contributed by atoms with Crippen molar-refractivity contribution in [2.75, 3.05) is 46.8 Å². The van der Waals surface area contributed by atoms with Crippen LogP contribution in [0.4, 0.5) is 5.69 Å². The molecule has 1 fully saturated rings. The highest BCUT2D eigenvalue weighted by molar-refractivity contribution is 5.95. The van der Waals surface area contributed by atoms with Crippen molar-refractivity contribution >= 4 is 11.9 Å². The molecule has 2 N–H and O–H groups in total. The first-order valence-electron chi connectivity index (χ1n) is 11.3. The minimum Gasteiger partial charge on any atom is -0.493 e. The van der Waals surface area contributed by atoms with Gasteiger partial charge >= 0.3 is 0 Å². The summed E-state index contributed by atoms with van der Waals surface area (Å²) in [6.07, 6.45) is 3.19. The van der Waals surface area contributed by atoms with E-state index in [1.54, 1.807) is 21.3 Å². The molecule has 0 saturated carbocycles. The summed E-state index contributed by atoms with van der Waals surface area (Å²) in [7, 11) is 6.88. The molecule has 2 aliphatic heterocycles. The van der Waals surface area contributed by atoms with E-state index < -0.39 is 0 Å². The number of nitrogens with one attached hydrogen (secondary N) is 1. The molecule has 0 bridgehead atoms. The zero-order valence-corrected chi connectivity index (χ0v) is 19.9. The molecule has 1 unspecified atom stereocenters. The van der Waals surface area contributed by atoms with Crippen molar-refractivity contribution < 1.29 is 19.3 Å². The van der Waals surface area contributed by atoms with Crippen LogP contribution in [0.5, 0.6) is 17.2 Å². The monoisotopic (exact) mass is 454 g/mol. The number of anilines is 1. The normalized spacial score (nSPS) is 18.7. The van der Waals surface area contributed by atoms with E-state index in [9.17, 15) is 5.11 Å². The molecule has 0 amide bonds. The Labute approximate surface area is 195 Å². The molecule has 2 aromatic carbocycles. The highest BCUT2D eigenvalue weighted by Crippen LogP contribution is 2.44. The second-order valence-corrected chi connectivity index (χ2v) is 8.65. The average molecular weight is 455 g/mol. The van der Waals surface area contributed by atoms with Crippen LogP contribution in [0.3, 0.4) is 0 Å². The summed E-state index contributed by atoms with van der Waals surface area (Å²) in [6, 6.07) is 10.6. The van der Waals surface area contributed by atoms with E-state index in [2.05, 4.69) is 46.4 Å². The van der Waals surface area contributed by atoms with Gasteiger partial charge in [-0.2, -0.15) is 0 Å². The number of piperidine rings is 1. The summed E-state index contributed by atoms with van der Waals surface area (Å²) < 4.78 is 16.6. The number of rotatable bonds is 8. The second kappa shape index (κ2) is 10.4. The number of aliphatic hydroxyl groups excluding tert-OH is 1. The quantitative estimate of drug-likeness (QED) is 0.635. The Kier molecular flexibility index (Phi) is 7.37. The van der Waals surface area contributed by atoms with Crippen LogP contribution in [-0.2, 0) is 13.1 Å². The third-order valence-electron chi connectivity index (χ3n) is 6.30. The first-order chi connectivity index (χ1) is 16.0.